The van der Waals surface area contributed by atoms with Gasteiger partial charge in [-0.25, -0.2) is 0 Å². The van der Waals surface area contributed by atoms with Gasteiger partial charge in [-0.1, -0.05) is 22.9 Å². The molecular weight excluding hydrogens is 250 g/mol. The molecule has 0 spiro atoms. The standard InChI is InChI=1S/C9H16BrNO3/c1-4-7(10)9(13)11(3)6-8(12)14-5-2/h7H,4-6H2,1-3H3. The molecule has 5 heteroatoms. The number of alkyl halides is 1. The van der Waals surface area contributed by atoms with Crippen LogP contribution in [0.1, 0.15) is 20.3 Å². The van der Waals surface area contributed by atoms with E-state index < -0.39 is 0 Å². The van der Waals surface area contributed by atoms with Gasteiger partial charge >= 0.3 is 5.97 Å². The molecule has 0 rings (SSSR count). The Morgan fingerprint density at radius 3 is 2.43 bits per heavy atom. The first-order valence-corrected chi connectivity index (χ1v) is 5.49. The Balaban J connectivity index is 4.01. The summed E-state index contributed by atoms with van der Waals surface area (Å²) in [6, 6.07) is 0. The summed E-state index contributed by atoms with van der Waals surface area (Å²) in [4.78, 5) is 23.7. The number of rotatable bonds is 5. The van der Waals surface area contributed by atoms with Crippen molar-refractivity contribution in [3.63, 3.8) is 0 Å². The second-order valence-corrected chi connectivity index (χ2v) is 3.98. The maximum Gasteiger partial charge on any atom is 0.325 e. The Labute approximate surface area is 92.7 Å². The van der Waals surface area contributed by atoms with E-state index in [0.29, 0.717) is 13.0 Å². The zero-order valence-electron chi connectivity index (χ0n) is 8.75. The molecule has 0 fully saturated rings. The van der Waals surface area contributed by atoms with Crippen LogP contribution in [0.2, 0.25) is 0 Å². The Morgan fingerprint density at radius 1 is 1.43 bits per heavy atom. The van der Waals surface area contributed by atoms with Crippen molar-refractivity contribution in [1.29, 1.82) is 0 Å². The van der Waals surface area contributed by atoms with E-state index in [1.54, 1.807) is 14.0 Å². The van der Waals surface area contributed by atoms with Crippen LogP contribution in [0, 0.1) is 0 Å². The molecule has 0 aromatic carbocycles. The molecule has 0 aliphatic rings. The van der Waals surface area contributed by atoms with E-state index in [-0.39, 0.29) is 23.2 Å². The summed E-state index contributed by atoms with van der Waals surface area (Å²) in [6.45, 7) is 3.98. The number of carbonyl (C=O) groups excluding carboxylic acids is 2. The molecule has 4 nitrogen and oxygen atoms in total. The third kappa shape index (κ3) is 4.60. The highest BCUT2D eigenvalue weighted by Crippen LogP contribution is 2.07. The number of esters is 1. The average molecular weight is 266 g/mol. The Kier molecular flexibility index (Phi) is 6.53. The van der Waals surface area contributed by atoms with E-state index in [0.717, 1.165) is 0 Å². The number of hydrogen-bond donors (Lipinski definition) is 0. The lowest BCUT2D eigenvalue weighted by Crippen LogP contribution is -2.37. The molecule has 14 heavy (non-hydrogen) atoms. The maximum absolute atomic E-state index is 11.5. The van der Waals surface area contributed by atoms with Crippen LogP contribution in [0.15, 0.2) is 0 Å². The molecule has 0 N–H and O–H groups in total. The molecule has 0 heterocycles. The second kappa shape index (κ2) is 6.81. The Morgan fingerprint density at radius 2 is 2.00 bits per heavy atom. The number of halogens is 1. The summed E-state index contributed by atoms with van der Waals surface area (Å²) >= 11 is 3.23. The predicted molar refractivity (Wildman–Crippen MR) is 57.3 cm³/mol. The highest BCUT2D eigenvalue weighted by Gasteiger charge is 2.19. The molecule has 82 valence electrons. The van der Waals surface area contributed by atoms with Crippen molar-refractivity contribution in [1.82, 2.24) is 4.90 Å². The number of likely N-dealkylation sites (N-methyl/N-ethyl adjacent to an activating group) is 1. The summed E-state index contributed by atoms with van der Waals surface area (Å²) in [5.74, 6) is -0.472. The number of nitrogens with zero attached hydrogens (tertiary/aromatic N) is 1. The molecule has 0 aliphatic heterocycles. The molecule has 1 amide bonds. The van der Waals surface area contributed by atoms with E-state index in [1.807, 2.05) is 6.92 Å². The lowest BCUT2D eigenvalue weighted by Gasteiger charge is -2.18. The minimum atomic E-state index is -0.376. The van der Waals surface area contributed by atoms with Gasteiger partial charge in [0.2, 0.25) is 5.91 Å². The van der Waals surface area contributed by atoms with Gasteiger partial charge < -0.3 is 9.64 Å². The van der Waals surface area contributed by atoms with Crippen molar-refractivity contribution in [3.8, 4) is 0 Å². The number of carbonyl (C=O) groups is 2. The van der Waals surface area contributed by atoms with Crippen LogP contribution in [0.4, 0.5) is 0 Å². The second-order valence-electron chi connectivity index (χ2n) is 2.88. The topological polar surface area (TPSA) is 46.6 Å². The maximum atomic E-state index is 11.5. The van der Waals surface area contributed by atoms with E-state index in [1.165, 1.54) is 4.90 Å². The fourth-order valence-electron chi connectivity index (χ4n) is 0.892. The summed E-state index contributed by atoms with van der Waals surface area (Å²) in [6.07, 6.45) is 0.700. The van der Waals surface area contributed by atoms with Crippen LogP contribution < -0.4 is 0 Å². The van der Waals surface area contributed by atoms with Crippen molar-refractivity contribution in [2.75, 3.05) is 20.2 Å². The van der Waals surface area contributed by atoms with Gasteiger partial charge in [-0.2, -0.15) is 0 Å². The molecule has 1 atom stereocenters. The van der Waals surface area contributed by atoms with Crippen molar-refractivity contribution in [2.45, 2.75) is 25.1 Å². The van der Waals surface area contributed by atoms with Crippen molar-refractivity contribution >= 4 is 27.8 Å². The summed E-state index contributed by atoms with van der Waals surface area (Å²) in [5, 5.41) is 0. The lowest BCUT2D eigenvalue weighted by molar-refractivity contribution is -0.147. The van der Waals surface area contributed by atoms with Crippen molar-refractivity contribution in [2.24, 2.45) is 0 Å². The third-order valence-electron chi connectivity index (χ3n) is 1.67. The first-order valence-electron chi connectivity index (χ1n) is 4.57. The van der Waals surface area contributed by atoms with Gasteiger partial charge in [0, 0.05) is 7.05 Å². The number of amides is 1. The Bertz CT molecular complexity index is 208. The quantitative estimate of drug-likeness (QED) is 0.554. The van der Waals surface area contributed by atoms with Gasteiger partial charge in [-0.3, -0.25) is 9.59 Å². The highest BCUT2D eigenvalue weighted by atomic mass is 79.9. The van der Waals surface area contributed by atoms with Crippen LogP contribution in [0.3, 0.4) is 0 Å². The predicted octanol–water partition coefficient (Wildman–Crippen LogP) is 1.18. The molecule has 0 radical (unpaired) electrons. The van der Waals surface area contributed by atoms with Crippen LogP contribution in [-0.4, -0.2) is 41.8 Å². The zero-order chi connectivity index (χ0) is 11.1. The monoisotopic (exact) mass is 265 g/mol. The van der Waals surface area contributed by atoms with E-state index in [4.69, 9.17) is 4.74 Å². The van der Waals surface area contributed by atoms with Gasteiger partial charge in [-0.15, -0.1) is 0 Å². The molecular formula is C9H16BrNO3. The highest BCUT2D eigenvalue weighted by molar-refractivity contribution is 9.10. The van der Waals surface area contributed by atoms with Crippen LogP contribution in [-0.2, 0) is 14.3 Å². The summed E-state index contributed by atoms with van der Waals surface area (Å²) < 4.78 is 4.73. The number of ether oxygens (including phenoxy) is 1. The molecule has 0 aromatic rings. The molecule has 0 saturated heterocycles. The summed E-state index contributed by atoms with van der Waals surface area (Å²) in [7, 11) is 1.59. The van der Waals surface area contributed by atoms with E-state index in [2.05, 4.69) is 15.9 Å². The third-order valence-corrected chi connectivity index (χ3v) is 2.71. The zero-order valence-corrected chi connectivity index (χ0v) is 10.3. The molecule has 0 aromatic heterocycles. The minimum absolute atomic E-state index is 0.00870. The first kappa shape index (κ1) is 13.4. The van der Waals surface area contributed by atoms with Gasteiger partial charge in [0.25, 0.3) is 0 Å². The summed E-state index contributed by atoms with van der Waals surface area (Å²) in [5.41, 5.74) is 0. The van der Waals surface area contributed by atoms with E-state index in [9.17, 15) is 9.59 Å². The number of hydrogen-bond acceptors (Lipinski definition) is 3. The molecule has 1 unspecified atom stereocenters. The van der Waals surface area contributed by atoms with Crippen molar-refractivity contribution < 1.29 is 14.3 Å². The Hall–Kier alpha value is -0.580. The van der Waals surface area contributed by atoms with Crippen molar-refractivity contribution in [3.05, 3.63) is 0 Å². The molecule has 0 aliphatic carbocycles. The van der Waals surface area contributed by atoms with Gasteiger partial charge in [-0.05, 0) is 13.3 Å². The van der Waals surface area contributed by atoms with Crippen LogP contribution >= 0.6 is 15.9 Å². The SMILES string of the molecule is CCOC(=O)CN(C)C(=O)C(Br)CC. The fraction of sp³-hybridized carbons (Fsp3) is 0.778. The minimum Gasteiger partial charge on any atom is -0.465 e. The van der Waals surface area contributed by atoms with Crippen LogP contribution in [0.25, 0.3) is 0 Å². The lowest BCUT2D eigenvalue weighted by atomic mass is 10.3. The van der Waals surface area contributed by atoms with E-state index >= 15 is 0 Å². The molecule has 0 bridgehead atoms. The normalized spacial score (nSPS) is 12.0. The molecule has 0 saturated carbocycles. The van der Waals surface area contributed by atoms with Gasteiger partial charge in [0.05, 0.1) is 11.4 Å². The largest absolute Gasteiger partial charge is 0.465 e. The van der Waals surface area contributed by atoms with Crippen LogP contribution in [0.5, 0.6) is 0 Å². The smallest absolute Gasteiger partial charge is 0.325 e. The average Bonchev–Trinajstić information content (AvgIpc) is 2.15. The van der Waals surface area contributed by atoms with Gasteiger partial charge in [0.15, 0.2) is 0 Å². The first-order chi connectivity index (χ1) is 6.52. The van der Waals surface area contributed by atoms with Gasteiger partial charge in [0.1, 0.15) is 6.54 Å². The fourth-order valence-corrected chi connectivity index (χ4v) is 1.24.